The Labute approximate surface area is 162 Å². The van der Waals surface area contributed by atoms with Crippen LogP contribution in [0.25, 0.3) is 16.9 Å². The quantitative estimate of drug-likeness (QED) is 0.639. The van der Waals surface area contributed by atoms with Crippen LogP contribution in [0.15, 0.2) is 23.3 Å². The predicted molar refractivity (Wildman–Crippen MR) is 109 cm³/mol. The van der Waals surface area contributed by atoms with Gasteiger partial charge in [0.15, 0.2) is 0 Å². The number of hydrogen-bond acceptors (Lipinski definition) is 4. The molecule has 0 bridgehead atoms. The number of piperidine rings is 1. The molecular formula is C23H31NO3. The Kier molecular flexibility index (Phi) is 6.05. The van der Waals surface area contributed by atoms with E-state index >= 15 is 0 Å². The van der Waals surface area contributed by atoms with Gasteiger partial charge in [-0.2, -0.15) is 0 Å². The molecule has 146 valence electrons. The lowest BCUT2D eigenvalue weighted by Gasteiger charge is -2.25. The fourth-order valence-corrected chi connectivity index (χ4v) is 4.02. The van der Waals surface area contributed by atoms with Crippen molar-refractivity contribution in [3.05, 3.63) is 41.2 Å². The molecular weight excluding hydrogens is 338 g/mol. The molecule has 1 aliphatic carbocycles. The maximum absolute atomic E-state index is 12.7. The molecule has 2 heterocycles. The van der Waals surface area contributed by atoms with Gasteiger partial charge in [0.2, 0.25) is 0 Å². The van der Waals surface area contributed by atoms with Gasteiger partial charge in [-0.25, -0.2) is 4.79 Å². The summed E-state index contributed by atoms with van der Waals surface area (Å²) in [5.74, 6) is 1.07. The molecule has 0 aromatic rings. The van der Waals surface area contributed by atoms with E-state index in [-0.39, 0.29) is 5.97 Å². The van der Waals surface area contributed by atoms with Crippen LogP contribution in [0.5, 0.6) is 0 Å². The highest BCUT2D eigenvalue weighted by Crippen LogP contribution is 2.41. The first-order valence-corrected chi connectivity index (χ1v) is 10.1. The van der Waals surface area contributed by atoms with Crippen LogP contribution in [0, 0.1) is 12.8 Å². The van der Waals surface area contributed by atoms with Crippen molar-refractivity contribution in [2.75, 3.05) is 13.1 Å². The second-order valence-corrected chi connectivity index (χ2v) is 7.97. The predicted octanol–water partition coefficient (Wildman–Crippen LogP) is 5.41. The van der Waals surface area contributed by atoms with Crippen LogP contribution in [-0.2, 0) is 22.5 Å². The first-order chi connectivity index (χ1) is 12.9. The van der Waals surface area contributed by atoms with Gasteiger partial charge in [0, 0.05) is 24.2 Å². The monoisotopic (exact) mass is 369 g/mol. The number of hydrogen-bond donors (Lipinski definition) is 0. The van der Waals surface area contributed by atoms with E-state index in [1.54, 1.807) is 5.06 Å². The van der Waals surface area contributed by atoms with Crippen molar-refractivity contribution in [3.63, 3.8) is 0 Å². The van der Waals surface area contributed by atoms with Gasteiger partial charge in [-0.15, -0.1) is 5.06 Å². The number of hydroxylamine groups is 2. The average molecular weight is 370 g/mol. The molecule has 2 aliphatic heterocycles. The Morgan fingerprint density at radius 3 is 2.63 bits per heavy atom. The molecule has 0 amide bonds. The lowest BCUT2D eigenvalue weighted by atomic mass is 10.0. The van der Waals surface area contributed by atoms with Gasteiger partial charge in [0.05, 0.1) is 11.8 Å². The molecule has 1 saturated heterocycles. The summed E-state index contributed by atoms with van der Waals surface area (Å²) in [6, 6.07) is 2.19. The molecule has 3 aliphatic rings. The average Bonchev–Trinajstić information content (AvgIpc) is 2.93. The molecule has 1 fully saturated rings. The molecule has 0 aromatic heterocycles. The third-order valence-electron chi connectivity index (χ3n) is 5.33. The van der Waals surface area contributed by atoms with E-state index in [1.807, 2.05) is 13.2 Å². The van der Waals surface area contributed by atoms with E-state index in [9.17, 15) is 4.79 Å². The standard InChI is InChI=1S/C23H31NO3/c1-6-19-21(17(5)23(25)27-24-10-8-7-9-11-24)16(4)20-13-18(12-15(2)3)14-26-22(19)20/h13-15H,5-12H2,1-4H3. The number of nitrogens with zero attached hydrogens (tertiary/aromatic N) is 1. The highest BCUT2D eigenvalue weighted by Gasteiger charge is 2.28. The Hall–Kier alpha value is -2.07. The van der Waals surface area contributed by atoms with E-state index in [2.05, 4.69) is 33.4 Å². The van der Waals surface area contributed by atoms with Crippen LogP contribution in [0.1, 0.15) is 62.3 Å². The first kappa shape index (κ1) is 19.7. The molecule has 4 heteroatoms. The second-order valence-electron chi connectivity index (χ2n) is 7.97. The van der Waals surface area contributed by atoms with Gasteiger partial charge in [0.25, 0.3) is 0 Å². The smallest absolute Gasteiger partial charge is 0.357 e. The van der Waals surface area contributed by atoms with Crippen LogP contribution >= 0.6 is 0 Å². The molecule has 0 N–H and O–H groups in total. The summed E-state index contributed by atoms with van der Waals surface area (Å²) in [5.41, 5.74) is 5.66. The molecule has 4 nitrogen and oxygen atoms in total. The van der Waals surface area contributed by atoms with Crippen molar-refractivity contribution < 1.29 is 14.0 Å². The summed E-state index contributed by atoms with van der Waals surface area (Å²) in [6.45, 7) is 14.2. The molecule has 0 radical (unpaired) electrons. The topological polar surface area (TPSA) is 42.7 Å². The fraction of sp³-hybridized carbons (Fsp3) is 0.522. The number of carbonyl (C=O) groups is 1. The molecule has 27 heavy (non-hydrogen) atoms. The van der Waals surface area contributed by atoms with Crippen molar-refractivity contribution in [2.24, 2.45) is 5.92 Å². The minimum Gasteiger partial charge on any atom is -0.464 e. The van der Waals surface area contributed by atoms with Gasteiger partial charge in [-0.3, -0.25) is 0 Å². The molecule has 0 saturated carbocycles. The zero-order chi connectivity index (χ0) is 19.6. The first-order valence-electron chi connectivity index (χ1n) is 10.1. The molecule has 0 atom stereocenters. The lowest BCUT2D eigenvalue weighted by molar-refractivity contribution is -0.186. The van der Waals surface area contributed by atoms with Crippen molar-refractivity contribution in [1.82, 2.24) is 5.06 Å². The van der Waals surface area contributed by atoms with Gasteiger partial charge in [-0.1, -0.05) is 33.8 Å². The van der Waals surface area contributed by atoms with E-state index in [4.69, 9.17) is 9.25 Å². The zero-order valence-corrected chi connectivity index (χ0v) is 17.1. The highest BCUT2D eigenvalue weighted by atomic mass is 16.7. The number of fused-ring (bicyclic) bond motifs is 1. The summed E-state index contributed by atoms with van der Waals surface area (Å²) in [4.78, 5) is 18.3. The van der Waals surface area contributed by atoms with E-state index in [1.165, 1.54) is 12.0 Å². The van der Waals surface area contributed by atoms with E-state index in [0.717, 1.165) is 66.8 Å². The summed E-state index contributed by atoms with van der Waals surface area (Å²) in [5, 5.41) is 1.77. The Balaban J connectivity index is 1.92. The molecule has 0 unspecified atom stereocenters. The summed E-state index contributed by atoms with van der Waals surface area (Å²) < 4.78 is 6.00. The van der Waals surface area contributed by atoms with Crippen LogP contribution in [0.4, 0.5) is 0 Å². The molecule has 0 spiro atoms. The normalized spacial score (nSPS) is 15.4. The summed E-state index contributed by atoms with van der Waals surface area (Å²) >= 11 is 0. The fourth-order valence-electron chi connectivity index (χ4n) is 4.02. The van der Waals surface area contributed by atoms with Gasteiger partial charge in [0.1, 0.15) is 5.76 Å². The number of rotatable bonds is 6. The van der Waals surface area contributed by atoms with E-state index < -0.39 is 0 Å². The number of carbonyl (C=O) groups excluding carboxylic acids is 1. The van der Waals surface area contributed by atoms with Crippen LogP contribution in [-0.4, -0.2) is 24.1 Å². The third-order valence-corrected chi connectivity index (χ3v) is 5.33. The largest absolute Gasteiger partial charge is 0.464 e. The van der Waals surface area contributed by atoms with Crippen molar-refractivity contribution in [1.29, 1.82) is 0 Å². The van der Waals surface area contributed by atoms with Crippen LogP contribution in [0.3, 0.4) is 0 Å². The van der Waals surface area contributed by atoms with Crippen molar-refractivity contribution >= 4 is 11.5 Å². The van der Waals surface area contributed by atoms with Gasteiger partial charge >= 0.3 is 5.97 Å². The van der Waals surface area contributed by atoms with Crippen molar-refractivity contribution in [2.45, 2.75) is 59.8 Å². The minimum absolute atomic E-state index is 0.354. The van der Waals surface area contributed by atoms with Crippen LogP contribution < -0.4 is 0 Å². The maximum Gasteiger partial charge on any atom is 0.357 e. The Morgan fingerprint density at radius 2 is 2.00 bits per heavy atom. The molecule has 3 rings (SSSR count). The summed E-state index contributed by atoms with van der Waals surface area (Å²) in [6.07, 6.45) is 6.93. The van der Waals surface area contributed by atoms with Crippen LogP contribution in [0.2, 0.25) is 0 Å². The van der Waals surface area contributed by atoms with Gasteiger partial charge in [-0.05, 0) is 61.3 Å². The van der Waals surface area contributed by atoms with Crippen molar-refractivity contribution in [3.8, 4) is 11.3 Å². The van der Waals surface area contributed by atoms with E-state index in [0.29, 0.717) is 11.5 Å². The third kappa shape index (κ3) is 4.11. The minimum atomic E-state index is -0.354. The SMILES string of the molecule is C=C(C(=O)ON1CCCCC1)c1c(C)c2cc(CC(C)C)coc-2c1CC. The summed E-state index contributed by atoms with van der Waals surface area (Å²) in [7, 11) is 0. The highest BCUT2D eigenvalue weighted by molar-refractivity contribution is 6.17. The Bertz CT molecular complexity index is 796. The zero-order valence-electron chi connectivity index (χ0n) is 17.1. The molecule has 0 aromatic carbocycles. The van der Waals surface area contributed by atoms with Gasteiger partial charge < -0.3 is 9.25 Å². The lowest BCUT2D eigenvalue weighted by Crippen LogP contribution is -2.32. The second kappa shape index (κ2) is 8.30. The maximum atomic E-state index is 12.7. The Morgan fingerprint density at radius 1 is 1.30 bits per heavy atom.